The SMILES string of the molecule is CCOCC1CCN(CCCCO)CC1. The zero-order valence-corrected chi connectivity index (χ0v) is 9.95. The molecular formula is C12H25NO2. The van der Waals surface area contributed by atoms with Gasteiger partial charge in [0.1, 0.15) is 0 Å². The minimum Gasteiger partial charge on any atom is -0.396 e. The van der Waals surface area contributed by atoms with Crippen LogP contribution in [0, 0.1) is 5.92 Å². The van der Waals surface area contributed by atoms with Crippen LogP contribution in [0.5, 0.6) is 0 Å². The lowest BCUT2D eigenvalue weighted by Gasteiger charge is -2.31. The van der Waals surface area contributed by atoms with Gasteiger partial charge in [0.2, 0.25) is 0 Å². The summed E-state index contributed by atoms with van der Waals surface area (Å²) in [5.41, 5.74) is 0. The number of aliphatic hydroxyl groups excluding tert-OH is 1. The molecule has 0 saturated carbocycles. The van der Waals surface area contributed by atoms with Gasteiger partial charge in [-0.05, 0) is 58.2 Å². The maximum Gasteiger partial charge on any atom is 0.0495 e. The highest BCUT2D eigenvalue weighted by Crippen LogP contribution is 2.17. The van der Waals surface area contributed by atoms with Crippen molar-refractivity contribution in [1.82, 2.24) is 4.90 Å². The van der Waals surface area contributed by atoms with Crippen LogP contribution >= 0.6 is 0 Å². The molecule has 3 nitrogen and oxygen atoms in total. The molecule has 0 unspecified atom stereocenters. The molecule has 3 heteroatoms. The van der Waals surface area contributed by atoms with Crippen molar-refractivity contribution in [2.45, 2.75) is 32.6 Å². The Balaban J connectivity index is 2.02. The van der Waals surface area contributed by atoms with Crippen molar-refractivity contribution in [3.05, 3.63) is 0 Å². The minimum atomic E-state index is 0.334. The summed E-state index contributed by atoms with van der Waals surface area (Å²) < 4.78 is 5.46. The van der Waals surface area contributed by atoms with E-state index in [1.54, 1.807) is 0 Å². The molecule has 1 aliphatic heterocycles. The van der Waals surface area contributed by atoms with Crippen LogP contribution in [-0.2, 0) is 4.74 Å². The molecule has 1 heterocycles. The Bertz CT molecular complexity index is 145. The van der Waals surface area contributed by atoms with E-state index < -0.39 is 0 Å². The molecule has 0 spiro atoms. The van der Waals surface area contributed by atoms with E-state index in [1.807, 2.05) is 0 Å². The van der Waals surface area contributed by atoms with Gasteiger partial charge in [0.05, 0.1) is 0 Å². The summed E-state index contributed by atoms with van der Waals surface area (Å²) in [6.45, 7) is 7.76. The molecule has 0 aromatic rings. The van der Waals surface area contributed by atoms with Crippen LogP contribution in [0.25, 0.3) is 0 Å². The smallest absolute Gasteiger partial charge is 0.0495 e. The van der Waals surface area contributed by atoms with Gasteiger partial charge in [0, 0.05) is 19.8 Å². The lowest BCUT2D eigenvalue weighted by Crippen LogP contribution is -2.35. The molecule has 0 aliphatic carbocycles. The summed E-state index contributed by atoms with van der Waals surface area (Å²) in [6, 6.07) is 0. The molecule has 1 rings (SSSR count). The van der Waals surface area contributed by atoms with Gasteiger partial charge in [-0.2, -0.15) is 0 Å². The predicted octanol–water partition coefficient (Wildman–Crippen LogP) is 1.51. The van der Waals surface area contributed by atoms with E-state index in [-0.39, 0.29) is 0 Å². The fourth-order valence-electron chi connectivity index (χ4n) is 2.11. The Hall–Kier alpha value is -0.120. The fraction of sp³-hybridized carbons (Fsp3) is 1.00. The maximum atomic E-state index is 8.70. The highest BCUT2D eigenvalue weighted by molar-refractivity contribution is 4.71. The van der Waals surface area contributed by atoms with Gasteiger partial charge in [-0.25, -0.2) is 0 Å². The molecule has 90 valence electrons. The first-order chi connectivity index (χ1) is 7.36. The molecule has 15 heavy (non-hydrogen) atoms. The highest BCUT2D eigenvalue weighted by atomic mass is 16.5. The topological polar surface area (TPSA) is 32.7 Å². The normalized spacial score (nSPS) is 19.6. The number of piperidine rings is 1. The number of aliphatic hydroxyl groups is 1. The van der Waals surface area contributed by atoms with E-state index in [0.29, 0.717) is 6.61 Å². The summed E-state index contributed by atoms with van der Waals surface area (Å²) >= 11 is 0. The van der Waals surface area contributed by atoms with Gasteiger partial charge in [-0.15, -0.1) is 0 Å². The summed E-state index contributed by atoms with van der Waals surface area (Å²) in [7, 11) is 0. The molecule has 1 saturated heterocycles. The van der Waals surface area contributed by atoms with Crippen molar-refractivity contribution in [3.63, 3.8) is 0 Å². The highest BCUT2D eigenvalue weighted by Gasteiger charge is 2.18. The first-order valence-corrected chi connectivity index (χ1v) is 6.27. The number of nitrogens with zero attached hydrogens (tertiary/aromatic N) is 1. The number of hydrogen-bond acceptors (Lipinski definition) is 3. The standard InChI is InChI=1S/C12H25NO2/c1-2-15-11-12-5-8-13(9-6-12)7-3-4-10-14/h12,14H,2-11H2,1H3. The van der Waals surface area contributed by atoms with Crippen molar-refractivity contribution >= 4 is 0 Å². The second-order valence-corrected chi connectivity index (χ2v) is 4.38. The monoisotopic (exact) mass is 215 g/mol. The predicted molar refractivity (Wildman–Crippen MR) is 62.0 cm³/mol. The Morgan fingerprint density at radius 3 is 2.60 bits per heavy atom. The summed E-state index contributed by atoms with van der Waals surface area (Å²) in [4.78, 5) is 2.51. The van der Waals surface area contributed by atoms with E-state index in [0.717, 1.165) is 38.5 Å². The van der Waals surface area contributed by atoms with Crippen LogP contribution in [-0.4, -0.2) is 49.5 Å². The van der Waals surface area contributed by atoms with E-state index in [2.05, 4.69) is 11.8 Å². The maximum absolute atomic E-state index is 8.70. The quantitative estimate of drug-likeness (QED) is 0.653. The molecule has 0 aromatic carbocycles. The Labute approximate surface area is 93.4 Å². The van der Waals surface area contributed by atoms with Crippen LogP contribution in [0.2, 0.25) is 0 Å². The second-order valence-electron chi connectivity index (χ2n) is 4.38. The summed E-state index contributed by atoms with van der Waals surface area (Å²) in [5, 5.41) is 8.70. The van der Waals surface area contributed by atoms with Crippen molar-refractivity contribution in [3.8, 4) is 0 Å². The van der Waals surface area contributed by atoms with Crippen molar-refractivity contribution in [2.75, 3.05) is 39.5 Å². The fourth-order valence-corrected chi connectivity index (χ4v) is 2.11. The van der Waals surface area contributed by atoms with E-state index >= 15 is 0 Å². The van der Waals surface area contributed by atoms with Gasteiger partial charge in [0.15, 0.2) is 0 Å². The van der Waals surface area contributed by atoms with Gasteiger partial charge in [-0.3, -0.25) is 0 Å². The molecule has 1 aliphatic rings. The van der Waals surface area contributed by atoms with Gasteiger partial charge < -0.3 is 14.7 Å². The van der Waals surface area contributed by atoms with Crippen molar-refractivity contribution < 1.29 is 9.84 Å². The minimum absolute atomic E-state index is 0.334. The van der Waals surface area contributed by atoms with E-state index in [9.17, 15) is 0 Å². The van der Waals surface area contributed by atoms with E-state index in [1.165, 1.54) is 25.9 Å². The van der Waals surface area contributed by atoms with Crippen molar-refractivity contribution in [2.24, 2.45) is 5.92 Å². The van der Waals surface area contributed by atoms with Crippen LogP contribution in [0.1, 0.15) is 32.6 Å². The molecule has 0 atom stereocenters. The molecule has 0 aromatic heterocycles. The molecular weight excluding hydrogens is 190 g/mol. The molecule has 1 N–H and O–H groups in total. The third-order valence-electron chi connectivity index (χ3n) is 3.15. The lowest BCUT2D eigenvalue weighted by atomic mass is 9.97. The van der Waals surface area contributed by atoms with Gasteiger partial charge in [0.25, 0.3) is 0 Å². The Kier molecular flexibility index (Phi) is 6.98. The molecule has 1 fully saturated rings. The Morgan fingerprint density at radius 2 is 2.00 bits per heavy atom. The molecule has 0 radical (unpaired) electrons. The third kappa shape index (κ3) is 5.50. The Morgan fingerprint density at radius 1 is 1.27 bits per heavy atom. The van der Waals surface area contributed by atoms with Gasteiger partial charge >= 0.3 is 0 Å². The zero-order valence-electron chi connectivity index (χ0n) is 9.95. The number of rotatable bonds is 7. The van der Waals surface area contributed by atoms with E-state index in [4.69, 9.17) is 9.84 Å². The number of likely N-dealkylation sites (tertiary alicyclic amines) is 1. The zero-order chi connectivity index (χ0) is 10.9. The summed E-state index contributed by atoms with van der Waals surface area (Å²) in [5.74, 6) is 0.777. The third-order valence-corrected chi connectivity index (χ3v) is 3.15. The number of unbranched alkanes of at least 4 members (excludes halogenated alkanes) is 1. The van der Waals surface area contributed by atoms with Crippen LogP contribution in [0.4, 0.5) is 0 Å². The van der Waals surface area contributed by atoms with Crippen LogP contribution < -0.4 is 0 Å². The van der Waals surface area contributed by atoms with Crippen LogP contribution in [0.3, 0.4) is 0 Å². The largest absolute Gasteiger partial charge is 0.396 e. The lowest BCUT2D eigenvalue weighted by molar-refractivity contribution is 0.0734. The summed E-state index contributed by atoms with van der Waals surface area (Å²) in [6.07, 6.45) is 4.63. The van der Waals surface area contributed by atoms with Crippen LogP contribution in [0.15, 0.2) is 0 Å². The second kappa shape index (κ2) is 8.08. The number of ether oxygens (including phenoxy) is 1. The first-order valence-electron chi connectivity index (χ1n) is 6.27. The first kappa shape index (κ1) is 12.9. The van der Waals surface area contributed by atoms with Crippen molar-refractivity contribution in [1.29, 1.82) is 0 Å². The average Bonchev–Trinajstić information content (AvgIpc) is 2.28. The molecule has 0 bridgehead atoms. The number of hydrogen-bond donors (Lipinski definition) is 1. The van der Waals surface area contributed by atoms with Gasteiger partial charge in [-0.1, -0.05) is 0 Å². The molecule has 0 amide bonds. The average molecular weight is 215 g/mol.